The van der Waals surface area contributed by atoms with E-state index in [0.29, 0.717) is 25.2 Å². The molecule has 2 aromatic carbocycles. The Morgan fingerprint density at radius 2 is 1.60 bits per heavy atom. The second kappa shape index (κ2) is 8.56. The molecule has 0 fully saturated rings. The van der Waals surface area contributed by atoms with Gasteiger partial charge in [-0.15, -0.1) is 0 Å². The quantitative estimate of drug-likeness (QED) is 0.413. The highest BCUT2D eigenvalue weighted by atomic mass is 16.5. The van der Waals surface area contributed by atoms with Gasteiger partial charge in [0.1, 0.15) is 17.2 Å². The van der Waals surface area contributed by atoms with Crippen molar-refractivity contribution in [2.75, 3.05) is 13.7 Å². The maximum Gasteiger partial charge on any atom is 0.311 e. The van der Waals surface area contributed by atoms with Crippen molar-refractivity contribution in [2.24, 2.45) is 0 Å². The van der Waals surface area contributed by atoms with E-state index in [1.807, 2.05) is 48.5 Å². The van der Waals surface area contributed by atoms with Crippen molar-refractivity contribution >= 4 is 5.97 Å². The number of carbonyl (C=O) groups excluding carboxylic acids is 1. The van der Waals surface area contributed by atoms with Crippen LogP contribution in [0.25, 0.3) is 0 Å². The lowest BCUT2D eigenvalue weighted by molar-refractivity contribution is -0.134. The maximum absolute atomic E-state index is 12.1. The molecule has 0 atom stereocenters. The van der Waals surface area contributed by atoms with Gasteiger partial charge in [-0.3, -0.25) is 4.79 Å². The fraction of sp³-hybridized carbons (Fsp3) is 0.381. The third-order valence-electron chi connectivity index (χ3n) is 3.77. The van der Waals surface area contributed by atoms with Crippen molar-refractivity contribution in [3.63, 3.8) is 0 Å². The van der Waals surface area contributed by atoms with E-state index >= 15 is 0 Å². The highest BCUT2D eigenvalue weighted by Gasteiger charge is 2.19. The van der Waals surface area contributed by atoms with Crippen LogP contribution in [0.2, 0.25) is 0 Å². The molecule has 0 amide bonds. The molecule has 0 aliphatic rings. The van der Waals surface area contributed by atoms with E-state index in [-0.39, 0.29) is 11.4 Å². The minimum Gasteiger partial charge on any atom is -0.497 e. The Hall–Kier alpha value is -2.49. The summed E-state index contributed by atoms with van der Waals surface area (Å²) in [6, 6.07) is 15.0. The fourth-order valence-electron chi connectivity index (χ4n) is 2.43. The lowest BCUT2D eigenvalue weighted by Gasteiger charge is -2.22. The van der Waals surface area contributed by atoms with Crippen LogP contribution >= 0.6 is 0 Å². The molecule has 4 heteroatoms. The molecule has 0 N–H and O–H groups in total. The zero-order valence-electron chi connectivity index (χ0n) is 15.4. The second-order valence-electron chi connectivity index (χ2n) is 6.85. The molecule has 0 bridgehead atoms. The van der Waals surface area contributed by atoms with E-state index in [1.165, 1.54) is 0 Å². The third-order valence-corrected chi connectivity index (χ3v) is 3.77. The van der Waals surface area contributed by atoms with Gasteiger partial charge in [0.15, 0.2) is 0 Å². The van der Waals surface area contributed by atoms with Crippen LogP contribution in [0.3, 0.4) is 0 Å². The molecule has 0 radical (unpaired) electrons. The number of rotatable bonds is 7. The SMILES string of the molecule is COc1ccc(OCCCC(=O)Oc2ccccc2C(C)(C)C)cc1. The summed E-state index contributed by atoms with van der Waals surface area (Å²) in [6.45, 7) is 6.76. The lowest BCUT2D eigenvalue weighted by atomic mass is 9.86. The van der Waals surface area contributed by atoms with Gasteiger partial charge in [-0.2, -0.15) is 0 Å². The summed E-state index contributed by atoms with van der Waals surface area (Å²) in [5.41, 5.74) is 0.951. The van der Waals surface area contributed by atoms with Crippen molar-refractivity contribution in [1.82, 2.24) is 0 Å². The van der Waals surface area contributed by atoms with Gasteiger partial charge in [0, 0.05) is 12.0 Å². The Morgan fingerprint density at radius 1 is 0.960 bits per heavy atom. The lowest BCUT2D eigenvalue weighted by Crippen LogP contribution is -2.16. The van der Waals surface area contributed by atoms with Gasteiger partial charge in [-0.05, 0) is 42.2 Å². The molecule has 0 unspecified atom stereocenters. The number of hydrogen-bond acceptors (Lipinski definition) is 4. The van der Waals surface area contributed by atoms with Gasteiger partial charge in [-0.25, -0.2) is 0 Å². The molecule has 0 aliphatic heterocycles. The Labute approximate surface area is 149 Å². The van der Waals surface area contributed by atoms with E-state index in [4.69, 9.17) is 14.2 Å². The van der Waals surface area contributed by atoms with Crippen LogP contribution in [0, 0.1) is 0 Å². The summed E-state index contributed by atoms with van der Waals surface area (Å²) in [5, 5.41) is 0. The molecule has 0 saturated heterocycles. The average molecular weight is 342 g/mol. The molecular weight excluding hydrogens is 316 g/mol. The van der Waals surface area contributed by atoms with Gasteiger partial charge < -0.3 is 14.2 Å². The highest BCUT2D eigenvalue weighted by Crippen LogP contribution is 2.31. The third kappa shape index (κ3) is 5.82. The minimum atomic E-state index is -0.241. The fourth-order valence-corrected chi connectivity index (χ4v) is 2.43. The summed E-state index contributed by atoms with van der Waals surface area (Å²) >= 11 is 0. The van der Waals surface area contributed by atoms with Gasteiger partial charge in [0.25, 0.3) is 0 Å². The first-order valence-electron chi connectivity index (χ1n) is 8.47. The van der Waals surface area contributed by atoms with E-state index in [9.17, 15) is 4.79 Å². The highest BCUT2D eigenvalue weighted by molar-refractivity contribution is 5.72. The van der Waals surface area contributed by atoms with Gasteiger partial charge in [0.05, 0.1) is 13.7 Å². The largest absolute Gasteiger partial charge is 0.497 e. The first-order chi connectivity index (χ1) is 11.9. The molecule has 0 heterocycles. The molecule has 0 aromatic heterocycles. The smallest absolute Gasteiger partial charge is 0.311 e. The van der Waals surface area contributed by atoms with E-state index in [0.717, 1.165) is 17.1 Å². The zero-order chi connectivity index (χ0) is 18.3. The Balaban J connectivity index is 1.79. The first-order valence-corrected chi connectivity index (χ1v) is 8.47. The standard InChI is InChI=1S/C21H26O4/c1-21(2,3)18-8-5-6-9-19(18)25-20(22)10-7-15-24-17-13-11-16(23-4)12-14-17/h5-6,8-9,11-14H,7,10,15H2,1-4H3. The average Bonchev–Trinajstić information content (AvgIpc) is 2.59. The van der Waals surface area contributed by atoms with Crippen molar-refractivity contribution in [1.29, 1.82) is 0 Å². The Morgan fingerprint density at radius 3 is 2.24 bits per heavy atom. The normalized spacial score (nSPS) is 11.0. The van der Waals surface area contributed by atoms with Crippen molar-refractivity contribution in [3.8, 4) is 17.2 Å². The molecule has 2 aromatic rings. The van der Waals surface area contributed by atoms with Crippen LogP contribution in [0.4, 0.5) is 0 Å². The first kappa shape index (κ1) is 18.8. The number of para-hydroxylation sites is 1. The number of hydrogen-bond donors (Lipinski definition) is 0. The number of esters is 1. The number of benzene rings is 2. The number of ether oxygens (including phenoxy) is 3. The molecular formula is C21H26O4. The van der Waals surface area contributed by atoms with E-state index in [2.05, 4.69) is 20.8 Å². The number of carbonyl (C=O) groups is 1. The Bertz CT molecular complexity index is 684. The monoisotopic (exact) mass is 342 g/mol. The summed E-state index contributed by atoms with van der Waals surface area (Å²) < 4.78 is 16.3. The second-order valence-corrected chi connectivity index (χ2v) is 6.85. The molecule has 2 rings (SSSR count). The van der Waals surface area contributed by atoms with Crippen molar-refractivity contribution < 1.29 is 19.0 Å². The summed E-state index contributed by atoms with van der Waals surface area (Å²) in [6.07, 6.45) is 0.914. The summed E-state index contributed by atoms with van der Waals surface area (Å²) in [5.74, 6) is 1.94. The van der Waals surface area contributed by atoms with Crippen molar-refractivity contribution in [2.45, 2.75) is 39.0 Å². The van der Waals surface area contributed by atoms with Crippen LogP contribution in [-0.2, 0) is 10.2 Å². The van der Waals surface area contributed by atoms with Crippen LogP contribution < -0.4 is 14.2 Å². The summed E-state index contributed by atoms with van der Waals surface area (Å²) in [7, 11) is 1.62. The predicted molar refractivity (Wildman–Crippen MR) is 98.5 cm³/mol. The van der Waals surface area contributed by atoms with Gasteiger partial charge >= 0.3 is 5.97 Å². The molecule has 134 valence electrons. The molecule has 25 heavy (non-hydrogen) atoms. The molecule has 0 aliphatic carbocycles. The van der Waals surface area contributed by atoms with Crippen LogP contribution in [0.5, 0.6) is 17.2 Å². The van der Waals surface area contributed by atoms with Crippen molar-refractivity contribution in [3.05, 3.63) is 54.1 Å². The van der Waals surface area contributed by atoms with Crippen LogP contribution in [-0.4, -0.2) is 19.7 Å². The maximum atomic E-state index is 12.1. The van der Waals surface area contributed by atoms with E-state index in [1.54, 1.807) is 7.11 Å². The minimum absolute atomic E-state index is 0.0750. The Kier molecular flexibility index (Phi) is 6.45. The molecule has 0 saturated carbocycles. The molecule has 4 nitrogen and oxygen atoms in total. The molecule has 0 spiro atoms. The summed E-state index contributed by atoms with van der Waals surface area (Å²) in [4.78, 5) is 12.1. The van der Waals surface area contributed by atoms with E-state index < -0.39 is 0 Å². The van der Waals surface area contributed by atoms with Crippen LogP contribution in [0.15, 0.2) is 48.5 Å². The topological polar surface area (TPSA) is 44.8 Å². The zero-order valence-corrected chi connectivity index (χ0v) is 15.4. The van der Waals surface area contributed by atoms with Gasteiger partial charge in [-0.1, -0.05) is 39.0 Å². The number of methoxy groups -OCH3 is 1. The predicted octanol–water partition coefficient (Wildman–Crippen LogP) is 4.76. The van der Waals surface area contributed by atoms with Gasteiger partial charge in [0.2, 0.25) is 0 Å². The van der Waals surface area contributed by atoms with Crippen LogP contribution in [0.1, 0.15) is 39.2 Å².